The summed E-state index contributed by atoms with van der Waals surface area (Å²) in [5.74, 6) is 1.57. The van der Waals surface area contributed by atoms with Gasteiger partial charge in [0.15, 0.2) is 0 Å². The van der Waals surface area contributed by atoms with E-state index in [9.17, 15) is 4.79 Å². The van der Waals surface area contributed by atoms with E-state index in [4.69, 9.17) is 4.74 Å². The van der Waals surface area contributed by atoms with Gasteiger partial charge in [0.1, 0.15) is 11.6 Å². The lowest BCUT2D eigenvalue weighted by molar-refractivity contribution is 0.262. The molecule has 0 atom stereocenters. The fourth-order valence-electron chi connectivity index (χ4n) is 2.90. The topological polar surface area (TPSA) is 79.0 Å². The average Bonchev–Trinajstić information content (AvgIpc) is 3.14. The van der Waals surface area contributed by atoms with E-state index in [1.54, 1.807) is 12.1 Å². The number of aromatic amines is 1. The Morgan fingerprint density at radius 2 is 1.57 bits per heavy atom. The van der Waals surface area contributed by atoms with Gasteiger partial charge in [-0.3, -0.25) is 0 Å². The highest BCUT2D eigenvalue weighted by molar-refractivity contribution is 5.99. The van der Waals surface area contributed by atoms with Crippen molar-refractivity contribution in [1.82, 2.24) is 9.97 Å². The number of ether oxygens (including phenoxy) is 1. The van der Waals surface area contributed by atoms with E-state index in [0.717, 1.165) is 28.2 Å². The van der Waals surface area contributed by atoms with Crippen LogP contribution in [0.15, 0.2) is 72.8 Å². The third-order valence-corrected chi connectivity index (χ3v) is 4.23. The number of anilines is 2. The van der Waals surface area contributed by atoms with E-state index in [0.29, 0.717) is 18.0 Å². The maximum atomic E-state index is 12.2. The van der Waals surface area contributed by atoms with E-state index < -0.39 is 0 Å². The number of hydrogen-bond donors (Lipinski definition) is 3. The summed E-state index contributed by atoms with van der Waals surface area (Å²) in [6, 6.07) is 22.4. The molecule has 4 aromatic rings. The van der Waals surface area contributed by atoms with Gasteiger partial charge in [0, 0.05) is 16.9 Å². The molecule has 0 aliphatic heterocycles. The first-order chi connectivity index (χ1) is 13.7. The van der Waals surface area contributed by atoms with Gasteiger partial charge in [-0.15, -0.1) is 0 Å². The average molecular weight is 372 g/mol. The summed E-state index contributed by atoms with van der Waals surface area (Å²) in [7, 11) is 0. The van der Waals surface area contributed by atoms with Gasteiger partial charge in [0.2, 0.25) is 0 Å². The molecule has 0 bridgehead atoms. The number of amides is 2. The molecule has 1 heterocycles. The number of rotatable bonds is 5. The van der Waals surface area contributed by atoms with Crippen LogP contribution in [0, 0.1) is 0 Å². The third-order valence-electron chi connectivity index (χ3n) is 4.23. The molecule has 2 amide bonds. The Morgan fingerprint density at radius 3 is 2.21 bits per heavy atom. The maximum absolute atomic E-state index is 12.2. The van der Waals surface area contributed by atoms with Crippen molar-refractivity contribution in [3.63, 3.8) is 0 Å². The van der Waals surface area contributed by atoms with E-state index in [-0.39, 0.29) is 6.03 Å². The van der Waals surface area contributed by atoms with Crippen LogP contribution < -0.4 is 15.4 Å². The number of fused-ring (bicyclic) bond motifs is 1. The van der Waals surface area contributed by atoms with Gasteiger partial charge in [-0.2, -0.15) is 0 Å². The number of hydrogen-bond acceptors (Lipinski definition) is 3. The lowest BCUT2D eigenvalue weighted by Gasteiger charge is -2.09. The lowest BCUT2D eigenvalue weighted by Crippen LogP contribution is -2.19. The highest BCUT2D eigenvalue weighted by Gasteiger charge is 2.07. The van der Waals surface area contributed by atoms with Crippen molar-refractivity contribution in [2.45, 2.75) is 6.92 Å². The van der Waals surface area contributed by atoms with Crippen molar-refractivity contribution in [2.24, 2.45) is 0 Å². The first-order valence-electron chi connectivity index (χ1n) is 9.07. The van der Waals surface area contributed by atoms with Crippen LogP contribution in [0.1, 0.15) is 6.92 Å². The number of carbonyl (C=O) groups is 1. The molecule has 0 aliphatic carbocycles. The molecule has 6 nitrogen and oxygen atoms in total. The molecule has 0 spiro atoms. The highest BCUT2D eigenvalue weighted by atomic mass is 16.5. The summed E-state index contributed by atoms with van der Waals surface area (Å²) >= 11 is 0. The van der Waals surface area contributed by atoms with Crippen molar-refractivity contribution < 1.29 is 9.53 Å². The van der Waals surface area contributed by atoms with Crippen LogP contribution in [0.4, 0.5) is 16.2 Å². The fourth-order valence-corrected chi connectivity index (χ4v) is 2.90. The Morgan fingerprint density at radius 1 is 0.929 bits per heavy atom. The van der Waals surface area contributed by atoms with E-state index >= 15 is 0 Å². The molecule has 0 aliphatic rings. The van der Waals surface area contributed by atoms with Gasteiger partial charge in [-0.05, 0) is 67.6 Å². The predicted molar refractivity (Wildman–Crippen MR) is 112 cm³/mol. The van der Waals surface area contributed by atoms with Gasteiger partial charge in [0.25, 0.3) is 0 Å². The Kier molecular flexibility index (Phi) is 4.93. The standard InChI is InChI=1S/C22H20N4O2/c1-2-28-18-13-11-17(12-14-18)24-22(27)23-16-9-7-15(8-10-16)21-25-19-5-3-4-6-20(19)26-21/h3-14H,2H2,1H3,(H,25,26)(H2,23,24,27). The summed E-state index contributed by atoms with van der Waals surface area (Å²) in [4.78, 5) is 20.1. The molecule has 28 heavy (non-hydrogen) atoms. The minimum Gasteiger partial charge on any atom is -0.494 e. The summed E-state index contributed by atoms with van der Waals surface area (Å²) < 4.78 is 5.39. The summed E-state index contributed by atoms with van der Waals surface area (Å²) in [5.41, 5.74) is 4.26. The zero-order chi connectivity index (χ0) is 19.3. The largest absolute Gasteiger partial charge is 0.494 e. The number of para-hydroxylation sites is 2. The summed E-state index contributed by atoms with van der Waals surface area (Å²) in [6.07, 6.45) is 0. The molecule has 4 rings (SSSR count). The first-order valence-corrected chi connectivity index (χ1v) is 9.07. The Labute approximate surface area is 162 Å². The molecule has 0 saturated heterocycles. The van der Waals surface area contributed by atoms with Crippen LogP contribution in [-0.4, -0.2) is 22.6 Å². The number of imidazole rings is 1. The highest BCUT2D eigenvalue weighted by Crippen LogP contribution is 2.22. The zero-order valence-corrected chi connectivity index (χ0v) is 15.4. The Bertz CT molecular complexity index is 1050. The van der Waals surface area contributed by atoms with Crippen LogP contribution >= 0.6 is 0 Å². The van der Waals surface area contributed by atoms with E-state index in [1.165, 1.54) is 0 Å². The van der Waals surface area contributed by atoms with Crippen LogP contribution in [0.5, 0.6) is 5.75 Å². The SMILES string of the molecule is CCOc1ccc(NC(=O)Nc2ccc(-c3nc4ccccc4[nH]3)cc2)cc1. The molecule has 0 radical (unpaired) electrons. The normalized spacial score (nSPS) is 10.6. The third kappa shape index (κ3) is 3.96. The predicted octanol–water partition coefficient (Wildman–Crippen LogP) is 5.27. The number of carbonyl (C=O) groups excluding carboxylic acids is 1. The van der Waals surface area contributed by atoms with Crippen molar-refractivity contribution in [2.75, 3.05) is 17.2 Å². The fraction of sp³-hybridized carbons (Fsp3) is 0.0909. The number of benzene rings is 3. The molecular formula is C22H20N4O2. The van der Waals surface area contributed by atoms with Crippen molar-refractivity contribution in [3.05, 3.63) is 72.8 Å². The van der Waals surface area contributed by atoms with Crippen LogP contribution in [0.25, 0.3) is 22.4 Å². The van der Waals surface area contributed by atoms with Gasteiger partial charge in [0.05, 0.1) is 17.6 Å². The van der Waals surface area contributed by atoms with Crippen LogP contribution in [0.3, 0.4) is 0 Å². The summed E-state index contributed by atoms with van der Waals surface area (Å²) in [6.45, 7) is 2.54. The van der Waals surface area contributed by atoms with Crippen molar-refractivity contribution in [1.29, 1.82) is 0 Å². The molecule has 3 aromatic carbocycles. The first kappa shape index (κ1) is 17.6. The number of nitrogens with zero attached hydrogens (tertiary/aromatic N) is 1. The molecule has 1 aromatic heterocycles. The molecule has 0 saturated carbocycles. The van der Waals surface area contributed by atoms with Crippen molar-refractivity contribution in [3.8, 4) is 17.1 Å². The molecule has 0 fully saturated rings. The Balaban J connectivity index is 1.40. The Hall–Kier alpha value is -3.80. The van der Waals surface area contributed by atoms with E-state index in [2.05, 4.69) is 20.6 Å². The smallest absolute Gasteiger partial charge is 0.323 e. The van der Waals surface area contributed by atoms with Crippen LogP contribution in [-0.2, 0) is 0 Å². The minimum absolute atomic E-state index is 0.305. The molecule has 140 valence electrons. The number of nitrogens with one attached hydrogen (secondary N) is 3. The second-order valence-corrected chi connectivity index (χ2v) is 6.22. The second-order valence-electron chi connectivity index (χ2n) is 6.22. The van der Waals surface area contributed by atoms with Gasteiger partial charge >= 0.3 is 6.03 Å². The molecular weight excluding hydrogens is 352 g/mol. The van der Waals surface area contributed by atoms with Gasteiger partial charge < -0.3 is 20.4 Å². The maximum Gasteiger partial charge on any atom is 0.323 e. The van der Waals surface area contributed by atoms with Crippen LogP contribution in [0.2, 0.25) is 0 Å². The number of H-pyrrole nitrogens is 1. The minimum atomic E-state index is -0.305. The molecule has 0 unspecified atom stereocenters. The molecule has 3 N–H and O–H groups in total. The molecule has 6 heteroatoms. The van der Waals surface area contributed by atoms with E-state index in [1.807, 2.05) is 67.6 Å². The lowest BCUT2D eigenvalue weighted by atomic mass is 10.2. The van der Waals surface area contributed by atoms with Gasteiger partial charge in [-0.25, -0.2) is 9.78 Å². The quantitative estimate of drug-likeness (QED) is 0.446. The summed E-state index contributed by atoms with van der Waals surface area (Å²) in [5, 5.41) is 5.62. The van der Waals surface area contributed by atoms with Crippen molar-refractivity contribution >= 4 is 28.4 Å². The second kappa shape index (κ2) is 7.84. The number of urea groups is 1. The van der Waals surface area contributed by atoms with Gasteiger partial charge in [-0.1, -0.05) is 12.1 Å². The monoisotopic (exact) mass is 372 g/mol. The number of aromatic nitrogens is 2. The zero-order valence-electron chi connectivity index (χ0n) is 15.4.